The molecule has 0 bridgehead atoms. The molecule has 0 fully saturated rings. The van der Waals surface area contributed by atoms with Crippen LogP contribution in [0.5, 0.6) is 0 Å². The standard InChI is InChI=1S/C67H46N4/c1-67(2)58-23-11-6-18-52(58)53-37-36-48(40-59(53)67)61-42-60(68-66(69-61)47-16-4-3-5-17-47)46-34-32-44(33-35-46)43-28-30-45(31-29-43)49-38-50(70-62-24-12-7-19-54(62)55-20-8-13-25-63(55)70)41-51(39-49)71-64-26-14-9-21-56(64)57-22-10-15-27-65(57)71/h3-42H,1-2H3. The highest BCUT2D eigenvalue weighted by atomic mass is 15.0. The zero-order chi connectivity index (χ0) is 47.2. The summed E-state index contributed by atoms with van der Waals surface area (Å²) >= 11 is 0. The van der Waals surface area contributed by atoms with Gasteiger partial charge in [-0.15, -0.1) is 0 Å². The summed E-state index contributed by atoms with van der Waals surface area (Å²) in [6.45, 7) is 4.65. The number of para-hydroxylation sites is 4. The number of aromatic nitrogens is 4. The first-order chi connectivity index (χ1) is 34.9. The molecule has 334 valence electrons. The lowest BCUT2D eigenvalue weighted by Gasteiger charge is -2.22. The molecule has 0 radical (unpaired) electrons. The Morgan fingerprint density at radius 3 is 1.24 bits per heavy atom. The molecule has 0 aliphatic heterocycles. The summed E-state index contributed by atoms with van der Waals surface area (Å²) in [5, 5.41) is 4.98. The summed E-state index contributed by atoms with van der Waals surface area (Å²) in [5.74, 6) is 0.712. The number of hydrogen-bond donors (Lipinski definition) is 0. The SMILES string of the molecule is CC1(C)c2ccccc2-c2ccc(-c3cc(-c4ccc(-c5ccc(-c6cc(-n7c8ccccc8c8ccccc87)cc(-n7c8ccccc8c8ccccc87)c6)cc5)cc4)nc(-c4ccccc4)n3)cc21. The molecular formula is C67H46N4. The third-order valence-electron chi connectivity index (χ3n) is 14.9. The van der Waals surface area contributed by atoms with Crippen LogP contribution in [0, 0.1) is 0 Å². The molecule has 3 aromatic heterocycles. The van der Waals surface area contributed by atoms with E-state index in [1.54, 1.807) is 0 Å². The van der Waals surface area contributed by atoms with Gasteiger partial charge in [0, 0.05) is 55.0 Å². The van der Waals surface area contributed by atoms with Crippen LogP contribution in [0.25, 0.3) is 122 Å². The average molecular weight is 907 g/mol. The highest BCUT2D eigenvalue weighted by molar-refractivity contribution is 6.11. The van der Waals surface area contributed by atoms with Gasteiger partial charge in [-0.2, -0.15) is 0 Å². The summed E-state index contributed by atoms with van der Waals surface area (Å²) in [4.78, 5) is 10.4. The molecule has 0 N–H and O–H groups in total. The molecule has 0 saturated carbocycles. The second kappa shape index (κ2) is 16.0. The van der Waals surface area contributed by atoms with Crippen LogP contribution < -0.4 is 0 Å². The minimum atomic E-state index is -0.109. The lowest BCUT2D eigenvalue weighted by Crippen LogP contribution is -2.14. The van der Waals surface area contributed by atoms with E-state index in [0.29, 0.717) is 5.82 Å². The Bertz CT molecular complexity index is 3990. The molecule has 14 rings (SSSR count). The summed E-state index contributed by atoms with van der Waals surface area (Å²) in [6.07, 6.45) is 0. The van der Waals surface area contributed by atoms with E-state index in [-0.39, 0.29) is 5.41 Å². The Balaban J connectivity index is 0.847. The van der Waals surface area contributed by atoms with Crippen molar-refractivity contribution in [2.45, 2.75) is 19.3 Å². The summed E-state index contributed by atoms with van der Waals surface area (Å²) in [5.41, 5.74) is 21.7. The van der Waals surface area contributed by atoms with Gasteiger partial charge < -0.3 is 9.13 Å². The fourth-order valence-corrected chi connectivity index (χ4v) is 11.4. The van der Waals surface area contributed by atoms with Gasteiger partial charge in [0.25, 0.3) is 0 Å². The lowest BCUT2D eigenvalue weighted by atomic mass is 9.82. The summed E-state index contributed by atoms with van der Waals surface area (Å²) in [7, 11) is 0. The molecule has 0 amide bonds. The van der Waals surface area contributed by atoms with Crippen molar-refractivity contribution in [1.29, 1.82) is 0 Å². The maximum Gasteiger partial charge on any atom is 0.160 e. The van der Waals surface area contributed by atoms with E-state index in [9.17, 15) is 0 Å². The van der Waals surface area contributed by atoms with Crippen molar-refractivity contribution < 1.29 is 0 Å². The van der Waals surface area contributed by atoms with Crippen molar-refractivity contribution in [3.8, 4) is 78.7 Å². The first kappa shape index (κ1) is 40.9. The highest BCUT2D eigenvalue weighted by Crippen LogP contribution is 2.49. The Hall–Kier alpha value is -9.12. The minimum Gasteiger partial charge on any atom is -0.309 e. The lowest BCUT2D eigenvalue weighted by molar-refractivity contribution is 0.660. The second-order valence-corrected chi connectivity index (χ2v) is 19.4. The van der Waals surface area contributed by atoms with Crippen molar-refractivity contribution in [3.63, 3.8) is 0 Å². The van der Waals surface area contributed by atoms with E-state index in [2.05, 4.69) is 247 Å². The number of benzene rings is 10. The largest absolute Gasteiger partial charge is 0.309 e. The maximum absolute atomic E-state index is 5.20. The predicted octanol–water partition coefficient (Wildman–Crippen LogP) is 17.3. The van der Waals surface area contributed by atoms with Crippen LogP contribution in [-0.4, -0.2) is 19.1 Å². The van der Waals surface area contributed by atoms with Crippen LogP contribution in [-0.2, 0) is 5.41 Å². The van der Waals surface area contributed by atoms with E-state index < -0.39 is 0 Å². The Kier molecular flexibility index (Phi) is 9.21. The molecule has 0 saturated heterocycles. The predicted molar refractivity (Wildman–Crippen MR) is 295 cm³/mol. The molecule has 1 aliphatic rings. The van der Waals surface area contributed by atoms with Gasteiger partial charge in [-0.3, -0.25) is 0 Å². The second-order valence-electron chi connectivity index (χ2n) is 19.4. The normalized spacial score (nSPS) is 12.8. The summed E-state index contributed by atoms with van der Waals surface area (Å²) in [6, 6.07) is 88.0. The molecule has 0 atom stereocenters. The molecule has 4 heteroatoms. The fraction of sp³-hybridized carbons (Fsp3) is 0.0448. The number of hydrogen-bond acceptors (Lipinski definition) is 2. The van der Waals surface area contributed by atoms with E-state index >= 15 is 0 Å². The van der Waals surface area contributed by atoms with Gasteiger partial charge in [0.15, 0.2) is 5.82 Å². The zero-order valence-corrected chi connectivity index (χ0v) is 39.4. The smallest absolute Gasteiger partial charge is 0.160 e. The Labute approximate surface area is 412 Å². The van der Waals surface area contributed by atoms with Gasteiger partial charge in [0.2, 0.25) is 0 Å². The molecule has 0 unspecified atom stereocenters. The molecule has 4 nitrogen and oxygen atoms in total. The molecule has 0 spiro atoms. The van der Waals surface area contributed by atoms with Crippen LogP contribution in [0.15, 0.2) is 243 Å². The number of fused-ring (bicyclic) bond motifs is 9. The van der Waals surface area contributed by atoms with Crippen molar-refractivity contribution in [1.82, 2.24) is 19.1 Å². The topological polar surface area (TPSA) is 35.6 Å². The third kappa shape index (κ3) is 6.60. The fourth-order valence-electron chi connectivity index (χ4n) is 11.4. The first-order valence-electron chi connectivity index (χ1n) is 24.5. The van der Waals surface area contributed by atoms with Crippen LogP contribution >= 0.6 is 0 Å². The van der Waals surface area contributed by atoms with Crippen LogP contribution in [0.4, 0.5) is 0 Å². The van der Waals surface area contributed by atoms with Crippen molar-refractivity contribution in [2.24, 2.45) is 0 Å². The molecule has 3 heterocycles. The van der Waals surface area contributed by atoms with Gasteiger partial charge in [0.1, 0.15) is 0 Å². The zero-order valence-electron chi connectivity index (χ0n) is 39.4. The molecule has 13 aromatic rings. The molecule has 10 aromatic carbocycles. The third-order valence-corrected chi connectivity index (χ3v) is 14.9. The Morgan fingerprint density at radius 2 is 0.704 bits per heavy atom. The monoisotopic (exact) mass is 906 g/mol. The van der Waals surface area contributed by atoms with Crippen LogP contribution in [0.3, 0.4) is 0 Å². The van der Waals surface area contributed by atoms with Crippen LogP contribution in [0.2, 0.25) is 0 Å². The van der Waals surface area contributed by atoms with E-state index in [1.165, 1.54) is 65.9 Å². The number of rotatable bonds is 7. The number of nitrogens with zero attached hydrogens (tertiary/aromatic N) is 4. The molecule has 1 aliphatic carbocycles. The minimum absolute atomic E-state index is 0.109. The van der Waals surface area contributed by atoms with E-state index in [0.717, 1.165) is 61.7 Å². The maximum atomic E-state index is 5.20. The Morgan fingerprint density at radius 1 is 0.296 bits per heavy atom. The van der Waals surface area contributed by atoms with Crippen LogP contribution in [0.1, 0.15) is 25.0 Å². The average Bonchev–Trinajstić information content (AvgIpc) is 4.04. The van der Waals surface area contributed by atoms with Gasteiger partial charge in [0.05, 0.1) is 33.5 Å². The quantitative estimate of drug-likeness (QED) is 0.160. The van der Waals surface area contributed by atoms with Crippen molar-refractivity contribution >= 4 is 43.6 Å². The van der Waals surface area contributed by atoms with Gasteiger partial charge in [-0.05, 0) is 99.1 Å². The van der Waals surface area contributed by atoms with Crippen molar-refractivity contribution in [2.75, 3.05) is 0 Å². The van der Waals surface area contributed by atoms with Gasteiger partial charge >= 0.3 is 0 Å². The van der Waals surface area contributed by atoms with E-state index in [1.807, 2.05) is 18.2 Å². The van der Waals surface area contributed by atoms with Gasteiger partial charge in [-0.1, -0.05) is 202 Å². The molecular weight excluding hydrogens is 861 g/mol. The summed E-state index contributed by atoms with van der Waals surface area (Å²) < 4.78 is 4.85. The van der Waals surface area contributed by atoms with Crippen molar-refractivity contribution in [3.05, 3.63) is 254 Å². The van der Waals surface area contributed by atoms with E-state index in [4.69, 9.17) is 9.97 Å². The highest BCUT2D eigenvalue weighted by Gasteiger charge is 2.35. The molecule has 71 heavy (non-hydrogen) atoms. The van der Waals surface area contributed by atoms with Gasteiger partial charge in [-0.25, -0.2) is 9.97 Å². The first-order valence-corrected chi connectivity index (χ1v) is 24.5.